The fourth-order valence-corrected chi connectivity index (χ4v) is 3.30. The predicted molar refractivity (Wildman–Crippen MR) is 73.1 cm³/mol. The highest BCUT2D eigenvalue weighted by atomic mass is 16.5. The minimum Gasteiger partial charge on any atom is -0.381 e. The second kappa shape index (κ2) is 6.72. The Labute approximate surface area is 107 Å². The molecule has 0 saturated carbocycles. The van der Waals surface area contributed by atoms with Crippen molar-refractivity contribution < 1.29 is 4.74 Å². The molecule has 2 N–H and O–H groups in total. The first-order valence-electron chi connectivity index (χ1n) is 7.07. The van der Waals surface area contributed by atoms with Crippen molar-refractivity contribution in [2.75, 3.05) is 27.3 Å². The quantitative estimate of drug-likeness (QED) is 0.776. The zero-order valence-electron chi connectivity index (χ0n) is 12.0. The number of likely N-dealkylation sites (N-methyl/N-ethyl adjacent to an activating group) is 1. The molecule has 0 amide bonds. The van der Waals surface area contributed by atoms with Crippen LogP contribution in [0.5, 0.6) is 0 Å². The third kappa shape index (κ3) is 3.43. The summed E-state index contributed by atoms with van der Waals surface area (Å²) in [4.78, 5) is 2.33. The molecule has 3 heteroatoms. The van der Waals surface area contributed by atoms with Crippen molar-refractivity contribution in [3.8, 4) is 0 Å². The van der Waals surface area contributed by atoms with Gasteiger partial charge in [0, 0.05) is 24.8 Å². The Morgan fingerprint density at radius 3 is 2.18 bits per heavy atom. The van der Waals surface area contributed by atoms with Crippen molar-refractivity contribution in [1.29, 1.82) is 0 Å². The molecule has 102 valence electrons. The van der Waals surface area contributed by atoms with Crippen molar-refractivity contribution in [2.45, 2.75) is 57.5 Å². The maximum absolute atomic E-state index is 6.52. The summed E-state index contributed by atoms with van der Waals surface area (Å²) in [5.74, 6) is 0.760. The molecule has 0 aromatic carbocycles. The Morgan fingerprint density at radius 1 is 1.24 bits per heavy atom. The molecule has 17 heavy (non-hydrogen) atoms. The van der Waals surface area contributed by atoms with Gasteiger partial charge in [-0.25, -0.2) is 0 Å². The molecule has 1 aliphatic rings. The van der Waals surface area contributed by atoms with Gasteiger partial charge in [0.05, 0.1) is 0 Å². The standard InChI is InChI=1S/C14H30N2O/c1-5-14(6-2,16(3)4)13(15)11-12-7-9-17-10-8-12/h12-13H,5-11,15H2,1-4H3. The van der Waals surface area contributed by atoms with Gasteiger partial charge in [0.25, 0.3) is 0 Å². The van der Waals surface area contributed by atoms with Gasteiger partial charge < -0.3 is 15.4 Å². The van der Waals surface area contributed by atoms with Crippen LogP contribution in [-0.4, -0.2) is 43.8 Å². The van der Waals surface area contributed by atoms with Crippen molar-refractivity contribution in [3.05, 3.63) is 0 Å². The monoisotopic (exact) mass is 242 g/mol. The second-order valence-corrected chi connectivity index (χ2v) is 5.60. The van der Waals surface area contributed by atoms with E-state index < -0.39 is 0 Å². The fourth-order valence-electron chi connectivity index (χ4n) is 3.30. The number of nitrogens with two attached hydrogens (primary N) is 1. The van der Waals surface area contributed by atoms with Gasteiger partial charge in [-0.1, -0.05) is 13.8 Å². The minimum absolute atomic E-state index is 0.165. The van der Waals surface area contributed by atoms with Gasteiger partial charge >= 0.3 is 0 Å². The summed E-state index contributed by atoms with van der Waals surface area (Å²) in [6.45, 7) is 6.36. The smallest absolute Gasteiger partial charge is 0.0468 e. The van der Waals surface area contributed by atoms with E-state index in [9.17, 15) is 0 Å². The first-order chi connectivity index (χ1) is 8.06. The molecule has 0 radical (unpaired) electrons. The van der Waals surface area contributed by atoms with Crippen LogP contribution >= 0.6 is 0 Å². The number of hydrogen-bond donors (Lipinski definition) is 1. The zero-order chi connectivity index (χ0) is 12.9. The molecule has 1 rings (SSSR count). The summed E-state index contributed by atoms with van der Waals surface area (Å²) in [5.41, 5.74) is 6.69. The lowest BCUT2D eigenvalue weighted by atomic mass is 9.78. The summed E-state index contributed by atoms with van der Waals surface area (Å²) in [7, 11) is 4.33. The molecule has 0 aromatic rings. The summed E-state index contributed by atoms with van der Waals surface area (Å²) in [5, 5.41) is 0. The molecule has 0 aromatic heterocycles. The third-order valence-corrected chi connectivity index (χ3v) is 4.73. The van der Waals surface area contributed by atoms with E-state index in [4.69, 9.17) is 10.5 Å². The van der Waals surface area contributed by atoms with Crippen LogP contribution in [0.1, 0.15) is 46.0 Å². The zero-order valence-corrected chi connectivity index (χ0v) is 12.0. The van der Waals surface area contributed by atoms with Crippen LogP contribution in [-0.2, 0) is 4.74 Å². The van der Waals surface area contributed by atoms with Gasteiger partial charge in [-0.15, -0.1) is 0 Å². The topological polar surface area (TPSA) is 38.5 Å². The highest BCUT2D eigenvalue weighted by Gasteiger charge is 2.36. The molecule has 1 saturated heterocycles. The van der Waals surface area contributed by atoms with Crippen LogP contribution in [0.25, 0.3) is 0 Å². The van der Waals surface area contributed by atoms with E-state index in [1.165, 1.54) is 12.8 Å². The molecule has 0 aliphatic carbocycles. The first kappa shape index (κ1) is 14.9. The Bertz CT molecular complexity index is 208. The second-order valence-electron chi connectivity index (χ2n) is 5.60. The van der Waals surface area contributed by atoms with E-state index in [0.29, 0.717) is 0 Å². The summed E-state index contributed by atoms with van der Waals surface area (Å²) >= 11 is 0. The molecule has 1 fully saturated rings. The number of hydrogen-bond acceptors (Lipinski definition) is 3. The average Bonchev–Trinajstić information content (AvgIpc) is 2.32. The van der Waals surface area contributed by atoms with Crippen molar-refractivity contribution in [2.24, 2.45) is 11.7 Å². The van der Waals surface area contributed by atoms with E-state index >= 15 is 0 Å². The van der Waals surface area contributed by atoms with Gasteiger partial charge in [-0.2, -0.15) is 0 Å². The van der Waals surface area contributed by atoms with Crippen LogP contribution in [0, 0.1) is 5.92 Å². The summed E-state index contributed by atoms with van der Waals surface area (Å²) < 4.78 is 5.42. The van der Waals surface area contributed by atoms with Crippen molar-refractivity contribution in [1.82, 2.24) is 4.90 Å². The Balaban J connectivity index is 2.60. The summed E-state index contributed by atoms with van der Waals surface area (Å²) in [6, 6.07) is 0.274. The van der Waals surface area contributed by atoms with E-state index in [1.807, 2.05) is 0 Å². The normalized spacial score (nSPS) is 20.8. The maximum atomic E-state index is 6.52. The third-order valence-electron chi connectivity index (χ3n) is 4.73. The molecule has 3 nitrogen and oxygen atoms in total. The highest BCUT2D eigenvalue weighted by molar-refractivity contribution is 4.96. The predicted octanol–water partition coefficient (Wildman–Crippen LogP) is 2.25. The molecule has 0 bridgehead atoms. The van der Waals surface area contributed by atoms with Crippen molar-refractivity contribution in [3.63, 3.8) is 0 Å². The number of ether oxygens (including phenoxy) is 1. The Morgan fingerprint density at radius 2 is 1.76 bits per heavy atom. The SMILES string of the molecule is CCC(CC)(C(N)CC1CCOCC1)N(C)C. The van der Waals surface area contributed by atoms with E-state index in [1.54, 1.807) is 0 Å². The van der Waals surface area contributed by atoms with Gasteiger partial charge in [0.15, 0.2) is 0 Å². The molecular formula is C14H30N2O. The largest absolute Gasteiger partial charge is 0.381 e. The molecule has 1 heterocycles. The molecule has 0 spiro atoms. The Hall–Kier alpha value is -0.120. The number of nitrogens with zero attached hydrogens (tertiary/aromatic N) is 1. The lowest BCUT2D eigenvalue weighted by molar-refractivity contribution is 0.0440. The summed E-state index contributed by atoms with van der Waals surface area (Å²) in [6.07, 6.45) is 5.76. The van der Waals surface area contributed by atoms with Crippen molar-refractivity contribution >= 4 is 0 Å². The average molecular weight is 242 g/mol. The Kier molecular flexibility index (Phi) is 5.90. The van der Waals surface area contributed by atoms with Crippen LogP contribution in [0.2, 0.25) is 0 Å². The van der Waals surface area contributed by atoms with E-state index in [2.05, 4.69) is 32.8 Å². The van der Waals surface area contributed by atoms with Crippen LogP contribution in [0.3, 0.4) is 0 Å². The van der Waals surface area contributed by atoms with Gasteiger partial charge in [0.1, 0.15) is 0 Å². The fraction of sp³-hybridized carbons (Fsp3) is 1.00. The molecule has 1 unspecified atom stereocenters. The highest BCUT2D eigenvalue weighted by Crippen LogP contribution is 2.30. The molecule has 1 aliphatic heterocycles. The molecular weight excluding hydrogens is 212 g/mol. The van der Waals surface area contributed by atoms with Crippen LogP contribution in [0.15, 0.2) is 0 Å². The van der Waals surface area contributed by atoms with E-state index in [-0.39, 0.29) is 11.6 Å². The lowest BCUT2D eigenvalue weighted by Gasteiger charge is -2.45. The first-order valence-corrected chi connectivity index (χ1v) is 7.07. The maximum Gasteiger partial charge on any atom is 0.0468 e. The minimum atomic E-state index is 0.165. The van der Waals surface area contributed by atoms with Crippen LogP contribution in [0.4, 0.5) is 0 Å². The van der Waals surface area contributed by atoms with Gasteiger partial charge in [-0.05, 0) is 52.1 Å². The number of rotatable bonds is 6. The van der Waals surface area contributed by atoms with Gasteiger partial charge in [-0.3, -0.25) is 0 Å². The van der Waals surface area contributed by atoms with Crippen LogP contribution < -0.4 is 5.73 Å². The lowest BCUT2D eigenvalue weighted by Crippen LogP contribution is -2.57. The molecule has 1 atom stereocenters. The van der Waals surface area contributed by atoms with E-state index in [0.717, 1.165) is 38.4 Å². The van der Waals surface area contributed by atoms with Gasteiger partial charge in [0.2, 0.25) is 0 Å².